The Morgan fingerprint density at radius 2 is 1.93 bits per heavy atom. The maximum atomic E-state index is 12.3. The number of hydrogen-bond acceptors (Lipinski definition) is 5. The predicted molar refractivity (Wildman–Crippen MR) is 115 cm³/mol. The van der Waals surface area contributed by atoms with Gasteiger partial charge in [-0.15, -0.1) is 10.2 Å². The summed E-state index contributed by atoms with van der Waals surface area (Å²) in [6.07, 6.45) is 1.94. The quantitative estimate of drug-likeness (QED) is 0.434. The van der Waals surface area contributed by atoms with E-state index in [1.54, 1.807) is 7.11 Å². The molecule has 4 rings (SSSR count). The molecule has 148 valence electrons. The fraction of sp³-hybridized carbons (Fsp3) is 0.190. The summed E-state index contributed by atoms with van der Waals surface area (Å²) in [5.74, 6) is 0.912. The second-order valence-corrected chi connectivity index (χ2v) is 7.34. The summed E-state index contributed by atoms with van der Waals surface area (Å²) in [7, 11) is 1.66. The molecule has 2 aromatic carbocycles. The molecule has 1 amide bonds. The molecule has 2 N–H and O–H groups in total. The number of nitrogens with zero attached hydrogens (tertiary/aromatic N) is 3. The van der Waals surface area contributed by atoms with Gasteiger partial charge in [0.2, 0.25) is 5.91 Å². The molecule has 2 heterocycles. The fourth-order valence-electron chi connectivity index (χ4n) is 3.08. The van der Waals surface area contributed by atoms with E-state index in [9.17, 15) is 4.79 Å². The summed E-state index contributed by atoms with van der Waals surface area (Å²) in [5.41, 5.74) is 2.79. The number of amides is 1. The minimum Gasteiger partial charge on any atom is -0.383 e. The van der Waals surface area contributed by atoms with Gasteiger partial charge in [-0.25, -0.2) is 0 Å². The third-order valence-corrected chi connectivity index (χ3v) is 5.42. The molecule has 0 unspecified atom stereocenters. The van der Waals surface area contributed by atoms with Crippen LogP contribution in [-0.2, 0) is 16.1 Å². The van der Waals surface area contributed by atoms with Crippen molar-refractivity contribution in [2.45, 2.75) is 11.7 Å². The standard InChI is InChI=1S/C21H21N5O2S/c1-28-12-11-26-20(17-13-22-18-10-6-5-9-16(17)18)24-25-21(26)29-14-19(27)23-15-7-3-2-4-8-15/h2-10,13,22H,11-12,14H2,1H3,(H,23,27). The zero-order valence-corrected chi connectivity index (χ0v) is 16.8. The predicted octanol–water partition coefficient (Wildman–Crippen LogP) is 3.80. The first-order chi connectivity index (χ1) is 14.3. The Morgan fingerprint density at radius 1 is 1.14 bits per heavy atom. The third kappa shape index (κ3) is 4.33. The van der Waals surface area contributed by atoms with Crippen LogP contribution in [0.25, 0.3) is 22.3 Å². The number of aromatic nitrogens is 4. The minimum absolute atomic E-state index is 0.0869. The molecule has 0 aliphatic rings. The van der Waals surface area contributed by atoms with Crippen molar-refractivity contribution in [1.82, 2.24) is 19.7 Å². The van der Waals surface area contributed by atoms with Crippen LogP contribution in [0.3, 0.4) is 0 Å². The van der Waals surface area contributed by atoms with E-state index >= 15 is 0 Å². The Labute approximate surface area is 172 Å². The van der Waals surface area contributed by atoms with Crippen molar-refractivity contribution in [1.29, 1.82) is 0 Å². The minimum atomic E-state index is -0.0869. The molecule has 4 aromatic rings. The van der Waals surface area contributed by atoms with Gasteiger partial charge in [-0.3, -0.25) is 9.36 Å². The lowest BCUT2D eigenvalue weighted by atomic mass is 10.1. The molecule has 0 radical (unpaired) electrons. The molecular formula is C21H21N5O2S. The number of H-pyrrole nitrogens is 1. The van der Waals surface area contributed by atoms with Crippen LogP contribution >= 0.6 is 11.8 Å². The topological polar surface area (TPSA) is 84.8 Å². The van der Waals surface area contributed by atoms with Crippen molar-refractivity contribution >= 4 is 34.3 Å². The van der Waals surface area contributed by atoms with Crippen LogP contribution in [0, 0.1) is 0 Å². The second kappa shape index (κ2) is 8.93. The van der Waals surface area contributed by atoms with Gasteiger partial charge in [0, 0.05) is 35.5 Å². The maximum absolute atomic E-state index is 12.3. The molecule has 0 saturated carbocycles. The summed E-state index contributed by atoms with van der Waals surface area (Å²) >= 11 is 1.36. The first-order valence-corrected chi connectivity index (χ1v) is 10.2. The molecule has 7 nitrogen and oxygen atoms in total. The van der Waals surface area contributed by atoms with Crippen molar-refractivity contribution in [3.8, 4) is 11.4 Å². The lowest BCUT2D eigenvalue weighted by molar-refractivity contribution is -0.113. The Hall–Kier alpha value is -3.10. The first-order valence-electron chi connectivity index (χ1n) is 9.22. The summed E-state index contributed by atoms with van der Waals surface area (Å²) in [6.45, 7) is 1.12. The van der Waals surface area contributed by atoms with Gasteiger partial charge in [0.15, 0.2) is 11.0 Å². The van der Waals surface area contributed by atoms with Crippen molar-refractivity contribution in [3.05, 3.63) is 60.8 Å². The van der Waals surface area contributed by atoms with Crippen LogP contribution in [0.5, 0.6) is 0 Å². The van der Waals surface area contributed by atoms with Crippen LogP contribution in [0.2, 0.25) is 0 Å². The van der Waals surface area contributed by atoms with Crippen molar-refractivity contribution < 1.29 is 9.53 Å². The number of nitrogens with one attached hydrogen (secondary N) is 2. The van der Waals surface area contributed by atoms with E-state index in [2.05, 4.69) is 26.6 Å². The van der Waals surface area contributed by atoms with Gasteiger partial charge in [0.25, 0.3) is 0 Å². The van der Waals surface area contributed by atoms with Gasteiger partial charge < -0.3 is 15.0 Å². The number of carbonyl (C=O) groups excluding carboxylic acids is 1. The number of anilines is 1. The first kappa shape index (κ1) is 19.2. The van der Waals surface area contributed by atoms with Crippen molar-refractivity contribution in [2.24, 2.45) is 0 Å². The van der Waals surface area contributed by atoms with Gasteiger partial charge in [0.05, 0.1) is 18.9 Å². The largest absolute Gasteiger partial charge is 0.383 e. The maximum Gasteiger partial charge on any atom is 0.234 e. The number of methoxy groups -OCH3 is 1. The van der Waals surface area contributed by atoms with Crippen LogP contribution in [-0.4, -0.2) is 45.1 Å². The number of aromatic amines is 1. The Morgan fingerprint density at radius 3 is 2.76 bits per heavy atom. The molecule has 0 spiro atoms. The smallest absolute Gasteiger partial charge is 0.234 e. The molecule has 29 heavy (non-hydrogen) atoms. The summed E-state index contributed by atoms with van der Waals surface area (Å²) in [5, 5.41) is 13.4. The molecule has 0 saturated heterocycles. The number of rotatable bonds is 8. The Bertz CT molecular complexity index is 1110. The fourth-order valence-corrected chi connectivity index (χ4v) is 3.85. The van der Waals surface area contributed by atoms with E-state index in [0.717, 1.165) is 28.0 Å². The van der Waals surface area contributed by atoms with Gasteiger partial charge >= 0.3 is 0 Å². The zero-order valence-electron chi connectivity index (χ0n) is 16.0. The lowest BCUT2D eigenvalue weighted by Crippen LogP contribution is -2.15. The molecule has 0 bridgehead atoms. The van der Waals surface area contributed by atoms with Gasteiger partial charge in [0.1, 0.15) is 0 Å². The highest BCUT2D eigenvalue weighted by atomic mass is 32.2. The molecule has 0 atom stereocenters. The molecule has 0 aliphatic heterocycles. The molecule has 0 fully saturated rings. The van der Waals surface area contributed by atoms with Crippen LogP contribution in [0.15, 0.2) is 66.0 Å². The van der Waals surface area contributed by atoms with Crippen molar-refractivity contribution in [2.75, 3.05) is 24.8 Å². The van der Waals surface area contributed by atoms with Gasteiger partial charge in [-0.05, 0) is 18.2 Å². The number of fused-ring (bicyclic) bond motifs is 1. The molecular weight excluding hydrogens is 386 g/mol. The number of ether oxygens (including phenoxy) is 1. The number of benzene rings is 2. The molecule has 8 heteroatoms. The van der Waals surface area contributed by atoms with E-state index < -0.39 is 0 Å². The van der Waals surface area contributed by atoms with Crippen LogP contribution < -0.4 is 5.32 Å². The van der Waals surface area contributed by atoms with Crippen LogP contribution in [0.1, 0.15) is 0 Å². The van der Waals surface area contributed by atoms with Gasteiger partial charge in [-0.1, -0.05) is 48.2 Å². The van der Waals surface area contributed by atoms with E-state index in [0.29, 0.717) is 18.3 Å². The van der Waals surface area contributed by atoms with Gasteiger partial charge in [-0.2, -0.15) is 0 Å². The number of thioether (sulfide) groups is 1. The third-order valence-electron chi connectivity index (χ3n) is 4.46. The lowest BCUT2D eigenvalue weighted by Gasteiger charge is -2.09. The number of para-hydroxylation sites is 2. The SMILES string of the molecule is COCCn1c(SCC(=O)Nc2ccccc2)nnc1-c1c[nH]c2ccccc12. The molecule has 2 aromatic heterocycles. The average molecular weight is 407 g/mol. The van der Waals surface area contributed by atoms with Crippen LogP contribution in [0.4, 0.5) is 5.69 Å². The summed E-state index contributed by atoms with van der Waals surface area (Å²) < 4.78 is 7.26. The Kier molecular flexibility index (Phi) is 5.92. The van der Waals surface area contributed by atoms with Crippen molar-refractivity contribution in [3.63, 3.8) is 0 Å². The number of hydrogen-bond donors (Lipinski definition) is 2. The highest BCUT2D eigenvalue weighted by Crippen LogP contribution is 2.30. The summed E-state index contributed by atoms with van der Waals surface area (Å²) in [6, 6.07) is 17.5. The van der Waals surface area contributed by atoms with E-state index in [-0.39, 0.29) is 11.7 Å². The van der Waals surface area contributed by atoms with E-state index in [4.69, 9.17) is 4.74 Å². The zero-order chi connectivity index (χ0) is 20.1. The average Bonchev–Trinajstić information content (AvgIpc) is 3.35. The second-order valence-electron chi connectivity index (χ2n) is 6.40. The highest BCUT2D eigenvalue weighted by molar-refractivity contribution is 7.99. The molecule has 0 aliphatic carbocycles. The van der Waals surface area contributed by atoms with E-state index in [1.165, 1.54) is 11.8 Å². The number of carbonyl (C=O) groups is 1. The highest BCUT2D eigenvalue weighted by Gasteiger charge is 2.18. The normalized spacial score (nSPS) is 11.1. The monoisotopic (exact) mass is 407 g/mol. The Balaban J connectivity index is 1.55. The van der Waals surface area contributed by atoms with E-state index in [1.807, 2.05) is 59.3 Å². The summed E-state index contributed by atoms with van der Waals surface area (Å²) in [4.78, 5) is 15.6.